The molecule has 0 saturated heterocycles. The lowest BCUT2D eigenvalue weighted by molar-refractivity contribution is -0.396. The van der Waals surface area contributed by atoms with Gasteiger partial charge in [0.25, 0.3) is 5.52 Å². The van der Waals surface area contributed by atoms with Gasteiger partial charge >= 0.3 is 17.2 Å². The first-order valence-electron chi connectivity index (χ1n) is 6.97. The van der Waals surface area contributed by atoms with Gasteiger partial charge < -0.3 is 10.1 Å². The second-order valence-corrected chi connectivity index (χ2v) is 5.74. The Hall–Kier alpha value is -3.01. The fourth-order valence-corrected chi connectivity index (χ4v) is 2.83. The van der Waals surface area contributed by atoms with Gasteiger partial charge in [0.2, 0.25) is 5.65 Å². The molecule has 2 heterocycles. The molecule has 0 saturated carbocycles. The van der Waals surface area contributed by atoms with E-state index in [0.29, 0.717) is 0 Å². The van der Waals surface area contributed by atoms with Gasteiger partial charge in [-0.05, 0) is 17.1 Å². The fraction of sp³-hybridized carbons (Fsp3) is 0.214. The Bertz CT molecular complexity index is 1130. The lowest BCUT2D eigenvalue weighted by Crippen LogP contribution is -2.37. The molecular formula is C14H11ClFN5O4. The van der Waals surface area contributed by atoms with Gasteiger partial charge in [0, 0.05) is 24.7 Å². The summed E-state index contributed by atoms with van der Waals surface area (Å²) in [6, 6.07) is 3.99. The van der Waals surface area contributed by atoms with Crippen molar-refractivity contribution in [2.75, 3.05) is 0 Å². The average Bonchev–Trinajstić information content (AvgIpc) is 2.94. The van der Waals surface area contributed by atoms with Crippen LogP contribution in [0.15, 0.2) is 27.8 Å². The molecule has 9 nitrogen and oxygen atoms in total. The largest absolute Gasteiger partial charge is 0.437 e. The molecule has 0 N–H and O–H groups in total. The monoisotopic (exact) mass is 367 g/mol. The molecular weight excluding hydrogens is 357 g/mol. The van der Waals surface area contributed by atoms with Gasteiger partial charge in [-0.1, -0.05) is 22.7 Å². The quantitative estimate of drug-likeness (QED) is 0.510. The van der Waals surface area contributed by atoms with E-state index in [1.807, 2.05) is 0 Å². The van der Waals surface area contributed by atoms with Crippen LogP contribution in [0.4, 0.5) is 10.3 Å². The van der Waals surface area contributed by atoms with Crippen molar-refractivity contribution in [2.24, 2.45) is 14.1 Å². The standard InChI is InChI=1S/C14H11ClFN5O4/c1-18-11-10(12(22)19(2)14(18)23)17-13(21(24)25)20(11)6-7-8(15)4-3-5-9(7)16/h3-5H,6H2,1-2H3. The minimum absolute atomic E-state index is 0.0142. The second-order valence-electron chi connectivity index (χ2n) is 5.33. The Morgan fingerprint density at radius 2 is 1.96 bits per heavy atom. The number of rotatable bonds is 3. The van der Waals surface area contributed by atoms with Gasteiger partial charge in [0.15, 0.2) is 0 Å². The highest BCUT2D eigenvalue weighted by atomic mass is 35.5. The van der Waals surface area contributed by atoms with Crippen molar-refractivity contribution in [1.29, 1.82) is 0 Å². The molecule has 0 fully saturated rings. The summed E-state index contributed by atoms with van der Waals surface area (Å²) < 4.78 is 16.9. The Labute approximate surface area is 143 Å². The Morgan fingerprint density at radius 3 is 2.56 bits per heavy atom. The number of benzene rings is 1. The lowest BCUT2D eigenvalue weighted by atomic mass is 10.2. The van der Waals surface area contributed by atoms with Crippen LogP contribution < -0.4 is 11.2 Å². The third-order valence-electron chi connectivity index (χ3n) is 3.86. The highest BCUT2D eigenvalue weighted by Crippen LogP contribution is 2.25. The van der Waals surface area contributed by atoms with E-state index in [-0.39, 0.29) is 28.3 Å². The maximum Gasteiger partial charge on any atom is 0.437 e. The van der Waals surface area contributed by atoms with Crippen LogP contribution in [0.1, 0.15) is 5.56 Å². The summed E-state index contributed by atoms with van der Waals surface area (Å²) in [7, 11) is 2.58. The zero-order chi connectivity index (χ0) is 18.5. The Balaban J connectivity index is 2.41. The van der Waals surface area contributed by atoms with Crippen molar-refractivity contribution >= 4 is 28.7 Å². The van der Waals surface area contributed by atoms with Crippen LogP contribution >= 0.6 is 11.6 Å². The van der Waals surface area contributed by atoms with E-state index in [1.165, 1.54) is 26.2 Å². The third kappa shape index (κ3) is 2.50. The summed E-state index contributed by atoms with van der Waals surface area (Å²) in [6.45, 7) is -0.362. The molecule has 130 valence electrons. The van der Waals surface area contributed by atoms with Crippen molar-refractivity contribution in [3.63, 3.8) is 0 Å². The number of imidazole rings is 1. The predicted octanol–water partition coefficient (Wildman–Crippen LogP) is 1.18. The van der Waals surface area contributed by atoms with Crippen LogP contribution in [0.2, 0.25) is 5.02 Å². The lowest BCUT2D eigenvalue weighted by Gasteiger charge is -2.08. The number of hydrogen-bond acceptors (Lipinski definition) is 5. The van der Waals surface area contributed by atoms with Gasteiger partial charge in [-0.15, -0.1) is 0 Å². The molecule has 1 aromatic carbocycles. The zero-order valence-electron chi connectivity index (χ0n) is 13.1. The molecule has 3 rings (SSSR count). The first kappa shape index (κ1) is 16.8. The highest BCUT2D eigenvalue weighted by Gasteiger charge is 2.29. The minimum Gasteiger partial charge on any atom is -0.390 e. The normalized spacial score (nSPS) is 11.2. The summed E-state index contributed by atoms with van der Waals surface area (Å²) in [5, 5.41) is 11.4. The highest BCUT2D eigenvalue weighted by molar-refractivity contribution is 6.31. The number of halogens is 2. The molecule has 3 aromatic rings. The minimum atomic E-state index is -0.807. The smallest absolute Gasteiger partial charge is 0.390 e. The molecule has 11 heteroatoms. The molecule has 0 aliphatic carbocycles. The van der Waals surface area contributed by atoms with Gasteiger partial charge in [-0.2, -0.15) is 0 Å². The maximum absolute atomic E-state index is 14.1. The number of hydrogen-bond donors (Lipinski definition) is 0. The van der Waals surface area contributed by atoms with E-state index in [1.54, 1.807) is 0 Å². The van der Waals surface area contributed by atoms with E-state index in [4.69, 9.17) is 11.6 Å². The molecule has 0 amide bonds. The molecule has 0 aliphatic heterocycles. The van der Waals surface area contributed by atoms with Gasteiger partial charge in [0.1, 0.15) is 12.4 Å². The Morgan fingerprint density at radius 1 is 1.28 bits per heavy atom. The predicted molar refractivity (Wildman–Crippen MR) is 87.4 cm³/mol. The number of fused-ring (bicyclic) bond motifs is 1. The van der Waals surface area contributed by atoms with Crippen molar-refractivity contribution < 1.29 is 9.31 Å². The van der Waals surface area contributed by atoms with Crippen LogP contribution in [-0.2, 0) is 20.6 Å². The molecule has 0 bridgehead atoms. The molecule has 0 atom stereocenters. The zero-order valence-corrected chi connectivity index (χ0v) is 13.8. The second kappa shape index (κ2) is 5.81. The van der Waals surface area contributed by atoms with E-state index in [0.717, 1.165) is 19.8 Å². The summed E-state index contributed by atoms with van der Waals surface area (Å²) >= 11 is 5.98. The summed E-state index contributed by atoms with van der Waals surface area (Å²) in [5.41, 5.74) is -1.82. The first-order chi connectivity index (χ1) is 11.7. The molecule has 0 spiro atoms. The van der Waals surface area contributed by atoms with Crippen LogP contribution in [0.5, 0.6) is 0 Å². The molecule has 25 heavy (non-hydrogen) atoms. The van der Waals surface area contributed by atoms with Crippen LogP contribution in [0, 0.1) is 15.9 Å². The van der Waals surface area contributed by atoms with Gasteiger partial charge in [-0.25, -0.2) is 13.8 Å². The van der Waals surface area contributed by atoms with E-state index in [2.05, 4.69) is 4.98 Å². The number of nitrogens with zero attached hydrogens (tertiary/aromatic N) is 5. The van der Waals surface area contributed by atoms with Crippen molar-refractivity contribution in [3.05, 3.63) is 65.6 Å². The van der Waals surface area contributed by atoms with Crippen LogP contribution in [-0.4, -0.2) is 23.6 Å². The fourth-order valence-electron chi connectivity index (χ4n) is 2.60. The van der Waals surface area contributed by atoms with Gasteiger partial charge in [0.05, 0.1) is 0 Å². The average molecular weight is 368 g/mol. The van der Waals surface area contributed by atoms with Crippen molar-refractivity contribution in [3.8, 4) is 0 Å². The maximum atomic E-state index is 14.1. The SMILES string of the molecule is Cn1c(=O)c2nc([N+](=O)[O-])n(Cc3c(F)cccc3Cl)c2n(C)c1=O. The van der Waals surface area contributed by atoms with E-state index < -0.39 is 27.9 Å². The molecule has 2 aromatic heterocycles. The number of aromatic nitrogens is 4. The molecule has 0 aliphatic rings. The summed E-state index contributed by atoms with van der Waals surface area (Å²) in [5.74, 6) is -1.36. The summed E-state index contributed by atoms with van der Waals surface area (Å²) in [4.78, 5) is 38.6. The van der Waals surface area contributed by atoms with Crippen molar-refractivity contribution in [1.82, 2.24) is 18.7 Å². The molecule has 0 radical (unpaired) electrons. The van der Waals surface area contributed by atoms with E-state index >= 15 is 0 Å². The first-order valence-corrected chi connectivity index (χ1v) is 7.35. The summed E-state index contributed by atoms with van der Waals surface area (Å²) in [6.07, 6.45) is 0. The van der Waals surface area contributed by atoms with Gasteiger partial charge in [-0.3, -0.25) is 13.9 Å². The van der Waals surface area contributed by atoms with Crippen LogP contribution in [0.3, 0.4) is 0 Å². The topological polar surface area (TPSA) is 105 Å². The molecule has 0 unspecified atom stereocenters. The number of aryl methyl sites for hydroxylation is 1. The van der Waals surface area contributed by atoms with Crippen molar-refractivity contribution in [2.45, 2.75) is 6.54 Å². The van der Waals surface area contributed by atoms with E-state index in [9.17, 15) is 24.1 Å². The number of nitro groups is 1. The Kier molecular flexibility index (Phi) is 3.91. The van der Waals surface area contributed by atoms with Crippen LogP contribution in [0.25, 0.3) is 11.2 Å². The third-order valence-corrected chi connectivity index (χ3v) is 4.21.